The first kappa shape index (κ1) is 25.4. The molecule has 37 heavy (non-hydrogen) atoms. The number of phenolic OH excluding ortho intramolecular Hbond substituents is 1. The van der Waals surface area contributed by atoms with Gasteiger partial charge in [-0.05, 0) is 58.8 Å². The molecule has 11 heteroatoms. The molecule has 10 nitrogen and oxygen atoms in total. The number of rotatable bonds is 5. The Labute approximate surface area is 212 Å². The van der Waals surface area contributed by atoms with E-state index in [1.807, 2.05) is 11.9 Å². The summed E-state index contributed by atoms with van der Waals surface area (Å²) in [5, 5.41) is 44.3. The van der Waals surface area contributed by atoms with Crippen LogP contribution in [0.1, 0.15) is 36.0 Å². The molecule has 4 aliphatic carbocycles. The molecule has 0 aliphatic heterocycles. The molecule has 2 fully saturated rings. The number of primary amides is 1. The van der Waals surface area contributed by atoms with Gasteiger partial charge in [-0.1, -0.05) is 0 Å². The van der Waals surface area contributed by atoms with E-state index in [2.05, 4.69) is 0 Å². The Kier molecular flexibility index (Phi) is 5.74. The van der Waals surface area contributed by atoms with Crippen molar-refractivity contribution < 1.29 is 39.2 Å². The van der Waals surface area contributed by atoms with Crippen molar-refractivity contribution in [3.8, 4) is 5.75 Å². The number of Topliss-reactive ketones (excluding diaryl/α,β-unsaturated/α-hetero) is 2. The Morgan fingerprint density at radius 3 is 2.41 bits per heavy atom. The largest absolute Gasteiger partial charge is 0.508 e. The molecule has 0 heterocycles. The van der Waals surface area contributed by atoms with Gasteiger partial charge in [-0.25, -0.2) is 4.39 Å². The number of fused-ring (bicyclic) bond motifs is 3. The standard InChI is InChI=1S/C26H30FN3O7/c1-29(2)20-14-7-10-6-13-17(15(31)8-11(19(13)27)9-30(3)12-4-5-12)21(32)16(10)23(34)26(14,37)24(35)18(22(20)33)25(28)36/h8,10,12,14,20,31-32,35,37H,4-7,9H2,1-3H3,(H2,28,36)/t10-,14-,20-,26-/m0/s1. The van der Waals surface area contributed by atoms with Crippen molar-refractivity contribution in [3.63, 3.8) is 0 Å². The van der Waals surface area contributed by atoms with Crippen LogP contribution in [0.3, 0.4) is 0 Å². The molecule has 0 aromatic heterocycles. The first-order valence-corrected chi connectivity index (χ1v) is 12.2. The number of hydrogen-bond donors (Lipinski definition) is 5. The second-order valence-electron chi connectivity index (χ2n) is 10.8. The molecule has 0 unspecified atom stereocenters. The fourth-order valence-electron chi connectivity index (χ4n) is 6.38. The number of aromatic hydroxyl groups is 1. The Hall–Kier alpha value is -3.28. The second kappa shape index (κ2) is 8.37. The van der Waals surface area contributed by atoms with Gasteiger partial charge in [0, 0.05) is 35.2 Å². The Balaban J connectivity index is 1.66. The lowest BCUT2D eigenvalue weighted by atomic mass is 9.57. The van der Waals surface area contributed by atoms with Gasteiger partial charge in [-0.15, -0.1) is 0 Å². The summed E-state index contributed by atoms with van der Waals surface area (Å²) in [4.78, 5) is 42.3. The molecule has 2 saturated carbocycles. The van der Waals surface area contributed by atoms with E-state index in [0.717, 1.165) is 12.8 Å². The van der Waals surface area contributed by atoms with Crippen LogP contribution in [0.25, 0.3) is 5.76 Å². The lowest BCUT2D eigenvalue weighted by Gasteiger charge is -2.50. The van der Waals surface area contributed by atoms with Gasteiger partial charge in [-0.3, -0.25) is 24.2 Å². The monoisotopic (exact) mass is 515 g/mol. The van der Waals surface area contributed by atoms with Gasteiger partial charge in [0.25, 0.3) is 5.91 Å². The van der Waals surface area contributed by atoms with Crippen LogP contribution in [-0.2, 0) is 27.3 Å². The van der Waals surface area contributed by atoms with Crippen molar-refractivity contribution >= 4 is 23.2 Å². The third-order valence-electron chi connectivity index (χ3n) is 8.32. The zero-order chi connectivity index (χ0) is 27.1. The van der Waals surface area contributed by atoms with Crippen LogP contribution in [0.2, 0.25) is 0 Å². The fraction of sp³-hybridized carbons (Fsp3) is 0.500. The number of benzene rings is 1. The van der Waals surface area contributed by atoms with Crippen molar-refractivity contribution in [1.82, 2.24) is 9.80 Å². The maximum Gasteiger partial charge on any atom is 0.255 e. The molecular formula is C26H30FN3O7. The number of aliphatic hydroxyl groups excluding tert-OH is 2. The summed E-state index contributed by atoms with van der Waals surface area (Å²) in [6.45, 7) is 0.256. The average molecular weight is 516 g/mol. The average Bonchev–Trinajstić information content (AvgIpc) is 3.64. The molecular weight excluding hydrogens is 485 g/mol. The fourth-order valence-corrected chi connectivity index (χ4v) is 6.38. The SMILES string of the molecule is CN(Cc1cc(O)c2c(c1F)C[C@H]1C[C@H]3[C@H](N(C)C)C(=O)C(C(N)=O)=C(O)[C@@]3(O)C(=O)C1=C2O)C1CC1. The predicted octanol–water partition coefficient (Wildman–Crippen LogP) is 0.697. The van der Waals surface area contributed by atoms with Gasteiger partial charge in [0.05, 0.1) is 11.6 Å². The van der Waals surface area contributed by atoms with Crippen LogP contribution in [0.15, 0.2) is 23.0 Å². The van der Waals surface area contributed by atoms with Crippen LogP contribution < -0.4 is 5.73 Å². The molecule has 1 aromatic carbocycles. The minimum Gasteiger partial charge on any atom is -0.508 e. The number of amides is 1. The molecule has 4 aliphatic rings. The summed E-state index contributed by atoms with van der Waals surface area (Å²) >= 11 is 0. The Morgan fingerprint density at radius 1 is 1.19 bits per heavy atom. The minimum atomic E-state index is -2.72. The quantitative estimate of drug-likeness (QED) is 0.355. The van der Waals surface area contributed by atoms with Gasteiger partial charge in [0.15, 0.2) is 11.4 Å². The molecule has 198 valence electrons. The van der Waals surface area contributed by atoms with Crippen LogP contribution >= 0.6 is 0 Å². The summed E-state index contributed by atoms with van der Waals surface area (Å²) < 4.78 is 15.7. The third-order valence-corrected chi connectivity index (χ3v) is 8.32. The highest BCUT2D eigenvalue weighted by atomic mass is 19.1. The van der Waals surface area contributed by atoms with Crippen LogP contribution in [0, 0.1) is 17.7 Å². The second-order valence-corrected chi connectivity index (χ2v) is 10.8. The Morgan fingerprint density at radius 2 is 1.84 bits per heavy atom. The van der Waals surface area contributed by atoms with Gasteiger partial charge in [0.1, 0.15) is 28.7 Å². The first-order valence-electron chi connectivity index (χ1n) is 12.2. The number of ketones is 2. The van der Waals surface area contributed by atoms with E-state index in [1.165, 1.54) is 25.1 Å². The molecule has 0 spiro atoms. The van der Waals surface area contributed by atoms with E-state index in [4.69, 9.17) is 5.73 Å². The zero-order valence-electron chi connectivity index (χ0n) is 20.8. The van der Waals surface area contributed by atoms with Crippen molar-refractivity contribution in [3.05, 3.63) is 45.5 Å². The molecule has 4 atom stereocenters. The molecule has 1 aromatic rings. The first-order chi connectivity index (χ1) is 17.3. The van der Waals surface area contributed by atoms with E-state index in [-0.39, 0.29) is 41.6 Å². The topological polar surface area (TPSA) is 165 Å². The number of carbonyl (C=O) groups is 3. The lowest BCUT2D eigenvalue weighted by molar-refractivity contribution is -0.153. The molecule has 6 N–H and O–H groups in total. The molecule has 0 bridgehead atoms. The summed E-state index contributed by atoms with van der Waals surface area (Å²) in [6, 6.07) is 0.386. The van der Waals surface area contributed by atoms with Crippen molar-refractivity contribution in [2.45, 2.75) is 49.9 Å². The number of nitrogens with two attached hydrogens (primary N) is 1. The van der Waals surface area contributed by atoms with Crippen molar-refractivity contribution in [2.24, 2.45) is 17.6 Å². The maximum absolute atomic E-state index is 15.7. The van der Waals surface area contributed by atoms with Gasteiger partial charge < -0.3 is 26.2 Å². The smallest absolute Gasteiger partial charge is 0.255 e. The molecule has 0 radical (unpaired) electrons. The minimum absolute atomic E-state index is 0.0461. The molecule has 5 rings (SSSR count). The molecule has 1 amide bonds. The van der Waals surface area contributed by atoms with Gasteiger partial charge in [0.2, 0.25) is 5.78 Å². The van der Waals surface area contributed by atoms with Crippen molar-refractivity contribution in [2.75, 3.05) is 21.1 Å². The lowest BCUT2D eigenvalue weighted by Crippen LogP contribution is -2.65. The van der Waals surface area contributed by atoms with E-state index >= 15 is 4.39 Å². The van der Waals surface area contributed by atoms with E-state index < -0.39 is 69.6 Å². The molecule has 0 saturated heterocycles. The number of hydrogen-bond acceptors (Lipinski definition) is 9. The highest BCUT2D eigenvalue weighted by molar-refractivity contribution is 6.24. The number of phenols is 1. The van der Waals surface area contributed by atoms with Crippen LogP contribution in [0.5, 0.6) is 5.75 Å². The van der Waals surface area contributed by atoms with Crippen molar-refractivity contribution in [1.29, 1.82) is 0 Å². The summed E-state index contributed by atoms with van der Waals surface area (Å²) in [6.07, 6.45) is 1.87. The van der Waals surface area contributed by atoms with Gasteiger partial charge in [-0.2, -0.15) is 0 Å². The third kappa shape index (κ3) is 3.52. The number of likely N-dealkylation sites (N-methyl/N-ethyl adjacent to an activating group) is 1. The number of halogens is 1. The maximum atomic E-state index is 15.7. The van der Waals surface area contributed by atoms with Crippen LogP contribution in [0.4, 0.5) is 4.39 Å². The van der Waals surface area contributed by atoms with E-state index in [1.54, 1.807) is 0 Å². The highest BCUT2D eigenvalue weighted by Gasteiger charge is 2.64. The van der Waals surface area contributed by atoms with Gasteiger partial charge >= 0.3 is 0 Å². The summed E-state index contributed by atoms with van der Waals surface area (Å²) in [7, 11) is 4.91. The van der Waals surface area contributed by atoms with E-state index in [0.29, 0.717) is 6.04 Å². The van der Waals surface area contributed by atoms with Crippen LogP contribution in [-0.4, -0.2) is 86.5 Å². The van der Waals surface area contributed by atoms with E-state index in [9.17, 15) is 34.8 Å². The number of aliphatic hydroxyl groups is 3. The number of carbonyl (C=O) groups excluding carboxylic acids is 3. The number of nitrogens with zero attached hydrogens (tertiary/aromatic N) is 2. The summed E-state index contributed by atoms with van der Waals surface area (Å²) in [5.74, 6) is -8.13. The predicted molar refractivity (Wildman–Crippen MR) is 129 cm³/mol. The normalized spacial score (nSPS) is 29.5. The zero-order valence-corrected chi connectivity index (χ0v) is 20.8. The Bertz CT molecular complexity index is 1320. The highest BCUT2D eigenvalue weighted by Crippen LogP contribution is 2.53. The summed E-state index contributed by atoms with van der Waals surface area (Å²) in [5.41, 5.74) is 1.47.